The topological polar surface area (TPSA) is 17.3 Å². The first kappa shape index (κ1) is 24.1. The molecule has 0 aliphatic rings. The van der Waals surface area contributed by atoms with Crippen molar-refractivity contribution in [3.8, 4) is 0 Å². The van der Waals surface area contributed by atoms with Crippen molar-refractivity contribution >= 4 is 0 Å². The summed E-state index contributed by atoms with van der Waals surface area (Å²) in [5, 5.41) is 3.63. The van der Waals surface area contributed by atoms with E-state index in [9.17, 15) is 0 Å². The Balaban J connectivity index is -0.0000000625. The smallest absolute Gasteiger partial charge is 0.708 e. The van der Waals surface area contributed by atoms with E-state index < -0.39 is 0 Å². The molecule has 0 bridgehead atoms. The van der Waals surface area contributed by atoms with E-state index in [1.54, 1.807) is 31.3 Å². The fourth-order valence-electron chi connectivity index (χ4n) is 0.185. The second-order valence-electron chi connectivity index (χ2n) is 1.76. The van der Waals surface area contributed by atoms with Crippen LogP contribution in [-0.2, 0) is 0 Å². The van der Waals surface area contributed by atoms with Gasteiger partial charge in [0, 0.05) is 7.05 Å². The zero-order valence-electron chi connectivity index (χ0n) is 8.51. The molecular weight excluding hydrogens is 624 g/mol. The number of nitrogens with zero attached hydrogens (tertiary/aromatic N) is 2. The molecule has 0 fully saturated rings. The van der Waals surface area contributed by atoms with Crippen LogP contribution in [0.3, 0.4) is 0 Å². The molecule has 0 aromatic carbocycles. The second-order valence-corrected chi connectivity index (χ2v) is 1.76. The summed E-state index contributed by atoms with van der Waals surface area (Å²) in [4.78, 5) is 1.56. The van der Waals surface area contributed by atoms with Gasteiger partial charge in [-0.3, -0.25) is 12.8 Å². The molecule has 0 heterocycles. The van der Waals surface area contributed by atoms with Crippen molar-refractivity contribution in [2.45, 2.75) is 0 Å². The van der Waals surface area contributed by atoms with Crippen LogP contribution >= 0.6 is 0 Å². The molecule has 0 aromatic rings. The van der Waals surface area contributed by atoms with Gasteiger partial charge in [0.15, 0.2) is 0 Å². The zero-order chi connectivity index (χ0) is 9.82. The molecule has 0 N–H and O–H groups in total. The molecule has 14 heavy (non-hydrogen) atoms. The summed E-state index contributed by atoms with van der Waals surface area (Å²) < 4.78 is 0. The molecule has 0 aromatic heterocycles. The molecule has 2 nitrogen and oxygen atoms in total. The van der Waals surface area contributed by atoms with Crippen LogP contribution in [0.4, 0.5) is 0 Å². The average molecular weight is 638 g/mol. The van der Waals surface area contributed by atoms with E-state index in [0.717, 1.165) is 0 Å². The molecular formula is C10H14N2U2. The average Bonchev–Trinajstić information content (AvgIpc) is 2.14. The SMILES string of the molecule is [CH-]=CC=C[N-]C.[CH-]=CN(C)C=[CH-].[U+2].[U+2]. The van der Waals surface area contributed by atoms with Crippen molar-refractivity contribution in [3.63, 3.8) is 0 Å². The van der Waals surface area contributed by atoms with Crippen LogP contribution in [0.25, 0.3) is 5.32 Å². The van der Waals surface area contributed by atoms with Gasteiger partial charge in [-0.25, -0.2) is 12.2 Å². The van der Waals surface area contributed by atoms with Crippen LogP contribution in [0.15, 0.2) is 30.8 Å². The minimum Gasteiger partial charge on any atom is -0.708 e. The molecule has 0 amide bonds. The maximum atomic E-state index is 4.97. The quantitative estimate of drug-likeness (QED) is 0.342. The van der Waals surface area contributed by atoms with E-state index in [4.69, 9.17) is 19.7 Å². The van der Waals surface area contributed by atoms with Crippen LogP contribution in [0.2, 0.25) is 0 Å². The molecule has 4 heteroatoms. The van der Waals surface area contributed by atoms with Gasteiger partial charge < -0.3 is 23.4 Å². The molecule has 0 unspecified atom stereocenters. The van der Waals surface area contributed by atoms with E-state index in [1.807, 2.05) is 0 Å². The molecule has 0 saturated carbocycles. The van der Waals surface area contributed by atoms with Crippen LogP contribution in [-0.4, -0.2) is 19.0 Å². The van der Waals surface area contributed by atoms with Gasteiger partial charge in [0.05, 0.1) is 0 Å². The zero-order valence-corrected chi connectivity index (χ0v) is 16.8. The Morgan fingerprint density at radius 1 is 1.07 bits per heavy atom. The molecule has 0 aliphatic heterocycles. The van der Waals surface area contributed by atoms with Crippen molar-refractivity contribution < 1.29 is 62.2 Å². The van der Waals surface area contributed by atoms with E-state index in [-0.39, 0.29) is 62.2 Å². The largest absolute Gasteiger partial charge is 2.00 e. The Kier molecular flexibility index (Phi) is 40.3. The summed E-state index contributed by atoms with van der Waals surface area (Å²) in [6.45, 7) is 14.9. The molecule has 0 aliphatic carbocycles. The normalized spacial score (nSPS) is 6.71. The monoisotopic (exact) mass is 638 g/mol. The van der Waals surface area contributed by atoms with Gasteiger partial charge in [0.1, 0.15) is 0 Å². The van der Waals surface area contributed by atoms with Crippen molar-refractivity contribution in [1.29, 1.82) is 0 Å². The van der Waals surface area contributed by atoms with Crippen molar-refractivity contribution in [3.05, 3.63) is 55.8 Å². The fraction of sp³-hybridized carbons (Fsp3) is 0.200. The molecule has 0 atom stereocenters. The Labute approximate surface area is 135 Å². The first-order valence-electron chi connectivity index (χ1n) is 3.34. The second kappa shape index (κ2) is 23.5. The van der Waals surface area contributed by atoms with Gasteiger partial charge >= 0.3 is 62.2 Å². The molecule has 0 spiro atoms. The summed E-state index contributed by atoms with van der Waals surface area (Å²) in [6.07, 6.45) is 7.48. The standard InChI is InChI=1S/2C5H7N.2U/c1-4-6(3)5-2;1-3-4-5-6-2;;/h1-2,4-5H,3H3;1,3-5H,2H3;;/q2*-2;2*+2. The van der Waals surface area contributed by atoms with Gasteiger partial charge in [-0.2, -0.15) is 12.4 Å². The van der Waals surface area contributed by atoms with Crippen LogP contribution in [0.1, 0.15) is 0 Å². The summed E-state index contributed by atoms with van der Waals surface area (Å²) in [5.41, 5.74) is 0. The summed E-state index contributed by atoms with van der Waals surface area (Å²) >= 11 is 0. The Morgan fingerprint density at radius 2 is 1.50 bits per heavy atom. The van der Waals surface area contributed by atoms with Gasteiger partial charge in [-0.15, -0.1) is 7.05 Å². The first-order valence-corrected chi connectivity index (χ1v) is 3.34. The van der Waals surface area contributed by atoms with Gasteiger partial charge in [-0.1, -0.05) is 0 Å². The Morgan fingerprint density at radius 3 is 1.57 bits per heavy atom. The number of allylic oxidation sites excluding steroid dienone is 2. The third-order valence-corrected chi connectivity index (χ3v) is 0.817. The van der Waals surface area contributed by atoms with Gasteiger partial charge in [-0.05, 0) is 0 Å². The number of hydrogen-bond acceptors (Lipinski definition) is 1. The molecule has 0 saturated heterocycles. The fourth-order valence-corrected chi connectivity index (χ4v) is 0.185. The van der Waals surface area contributed by atoms with Crippen LogP contribution < -0.4 is 0 Å². The van der Waals surface area contributed by atoms with Gasteiger partial charge in [0.25, 0.3) is 0 Å². The van der Waals surface area contributed by atoms with E-state index in [0.29, 0.717) is 0 Å². The summed E-state index contributed by atoms with van der Waals surface area (Å²) in [7, 11) is 3.44. The minimum absolute atomic E-state index is 0. The summed E-state index contributed by atoms with van der Waals surface area (Å²) in [5.74, 6) is 0. The van der Waals surface area contributed by atoms with Crippen molar-refractivity contribution in [2.75, 3.05) is 14.1 Å². The van der Waals surface area contributed by atoms with E-state index in [1.165, 1.54) is 18.5 Å². The van der Waals surface area contributed by atoms with E-state index in [2.05, 4.69) is 5.32 Å². The predicted molar refractivity (Wildman–Crippen MR) is 52.8 cm³/mol. The number of hydrogen-bond donors (Lipinski definition) is 0. The Hall–Kier alpha value is 0.664. The minimum atomic E-state index is 0. The first-order chi connectivity index (χ1) is 5.72. The third-order valence-electron chi connectivity index (χ3n) is 0.817. The van der Waals surface area contributed by atoms with Gasteiger partial charge in [0.2, 0.25) is 0 Å². The maximum absolute atomic E-state index is 4.97. The Bertz CT molecular complexity index is 148. The van der Waals surface area contributed by atoms with Crippen molar-refractivity contribution in [2.24, 2.45) is 0 Å². The van der Waals surface area contributed by atoms with Crippen LogP contribution in [0, 0.1) is 82.0 Å². The number of rotatable bonds is 4. The van der Waals surface area contributed by atoms with E-state index >= 15 is 0 Å². The molecule has 0 radical (unpaired) electrons. The molecule has 0 rings (SSSR count). The molecule has 72 valence electrons. The van der Waals surface area contributed by atoms with Crippen LogP contribution in [0.5, 0.6) is 0 Å². The maximum Gasteiger partial charge on any atom is 2.00 e. The summed E-state index contributed by atoms with van der Waals surface area (Å²) in [6, 6.07) is 0. The predicted octanol–water partition coefficient (Wildman–Crippen LogP) is 2.30. The third kappa shape index (κ3) is 29.3. The van der Waals surface area contributed by atoms with Crippen molar-refractivity contribution in [1.82, 2.24) is 4.90 Å².